The number of hydrogen-bond acceptors (Lipinski definition) is 5. The number of primary amides is 1. The average Bonchev–Trinajstić information content (AvgIpc) is 2.81. The van der Waals surface area contributed by atoms with Gasteiger partial charge in [-0.1, -0.05) is 42.5 Å². The molecule has 3 amide bonds. The highest BCUT2D eigenvalue weighted by Gasteiger charge is 2.35. The summed E-state index contributed by atoms with van der Waals surface area (Å²) in [6, 6.07) is 11.9. The summed E-state index contributed by atoms with van der Waals surface area (Å²) < 4.78 is 11.3. The first-order valence-corrected chi connectivity index (χ1v) is 13.8. The van der Waals surface area contributed by atoms with Gasteiger partial charge < -0.3 is 25.7 Å². The number of nitrogens with zero attached hydrogens (tertiary/aromatic N) is 1. The molecule has 2 aromatic rings. The number of carbonyl (C=O) groups excluding carboxylic acids is 3. The van der Waals surface area contributed by atoms with Crippen LogP contribution in [0.4, 0.5) is 0 Å². The lowest BCUT2D eigenvalue weighted by Gasteiger charge is -2.35. The van der Waals surface area contributed by atoms with Crippen LogP contribution in [-0.2, 0) is 25.4 Å². The van der Waals surface area contributed by atoms with E-state index in [0.29, 0.717) is 13.0 Å². The van der Waals surface area contributed by atoms with Crippen molar-refractivity contribution in [3.63, 3.8) is 0 Å². The van der Waals surface area contributed by atoms with E-state index in [4.69, 9.17) is 5.73 Å². The third-order valence-corrected chi connectivity index (χ3v) is 9.08. The van der Waals surface area contributed by atoms with E-state index in [1.807, 2.05) is 42.5 Å². The number of nitrogens with one attached hydrogen (secondary N) is 1. The highest BCUT2D eigenvalue weighted by atomic mass is 32.2. The van der Waals surface area contributed by atoms with Crippen LogP contribution in [0.2, 0.25) is 0 Å². The van der Waals surface area contributed by atoms with Crippen molar-refractivity contribution in [1.82, 2.24) is 10.2 Å². The summed E-state index contributed by atoms with van der Waals surface area (Å²) >= 11 is 0.860. The molecular weight excluding hydrogens is 477 g/mol. The molecule has 1 fully saturated rings. The summed E-state index contributed by atoms with van der Waals surface area (Å²) in [7, 11) is -4.30. The molecule has 3 rings (SSSR count). The van der Waals surface area contributed by atoms with Crippen molar-refractivity contribution in [2.75, 3.05) is 12.3 Å². The first-order valence-electron chi connectivity index (χ1n) is 11.1. The Hall–Kier alpha value is -2.39. The molecular formula is C23H30N3O6PS. The minimum Gasteiger partial charge on any atom is -0.368 e. The number of benzene rings is 2. The quantitative estimate of drug-likeness (QED) is 0.379. The van der Waals surface area contributed by atoms with Crippen LogP contribution in [0, 0.1) is 0 Å². The van der Waals surface area contributed by atoms with Gasteiger partial charge in [-0.15, -0.1) is 11.8 Å². The number of rotatable bonds is 9. The predicted molar refractivity (Wildman–Crippen MR) is 132 cm³/mol. The summed E-state index contributed by atoms with van der Waals surface area (Å²) in [5, 5.41) is 4.80. The van der Waals surface area contributed by atoms with E-state index in [1.165, 1.54) is 11.8 Å². The van der Waals surface area contributed by atoms with Gasteiger partial charge in [0.1, 0.15) is 17.1 Å². The van der Waals surface area contributed by atoms with Gasteiger partial charge in [0.2, 0.25) is 17.7 Å². The van der Waals surface area contributed by atoms with E-state index in [1.54, 1.807) is 0 Å². The van der Waals surface area contributed by atoms with Crippen molar-refractivity contribution in [3.05, 3.63) is 48.0 Å². The molecule has 2 aromatic carbocycles. The molecule has 34 heavy (non-hydrogen) atoms. The Balaban J connectivity index is 1.67. The van der Waals surface area contributed by atoms with Crippen LogP contribution in [0.3, 0.4) is 0 Å². The Morgan fingerprint density at radius 3 is 2.56 bits per heavy atom. The van der Waals surface area contributed by atoms with Crippen molar-refractivity contribution in [1.29, 1.82) is 0 Å². The molecule has 0 bridgehead atoms. The highest BCUT2D eigenvalue weighted by Crippen LogP contribution is 2.46. The number of fused-ring (bicyclic) bond motifs is 1. The molecule has 1 aliphatic rings. The molecule has 5 N–H and O–H groups in total. The Bertz CT molecular complexity index is 1110. The van der Waals surface area contributed by atoms with Crippen LogP contribution < -0.4 is 11.1 Å². The third-order valence-electron chi connectivity index (χ3n) is 5.96. The summed E-state index contributed by atoms with van der Waals surface area (Å²) in [6.45, 7) is 1.73. The molecule has 1 saturated heterocycles. The first-order chi connectivity index (χ1) is 16.1. The first kappa shape index (κ1) is 26.2. The Morgan fingerprint density at radius 2 is 1.88 bits per heavy atom. The SMILES string of the molecule is CC(SCC(=O)N1CCCCC1C(=O)NC(Cc1ccc2ccccc2c1)C(N)=O)P(=O)(O)O. The van der Waals surface area contributed by atoms with E-state index in [2.05, 4.69) is 5.32 Å². The van der Waals surface area contributed by atoms with Crippen LogP contribution >= 0.6 is 19.4 Å². The molecule has 1 aliphatic heterocycles. The van der Waals surface area contributed by atoms with E-state index in [-0.39, 0.29) is 18.1 Å². The Labute approximate surface area is 202 Å². The van der Waals surface area contributed by atoms with Gasteiger partial charge in [0.15, 0.2) is 0 Å². The smallest absolute Gasteiger partial charge is 0.338 e. The second kappa shape index (κ2) is 11.4. The molecule has 0 saturated carbocycles. The molecule has 11 heteroatoms. The lowest BCUT2D eigenvalue weighted by molar-refractivity contribution is -0.141. The molecule has 0 radical (unpaired) electrons. The lowest BCUT2D eigenvalue weighted by atomic mass is 9.99. The van der Waals surface area contributed by atoms with E-state index < -0.39 is 36.5 Å². The highest BCUT2D eigenvalue weighted by molar-refractivity contribution is 8.05. The van der Waals surface area contributed by atoms with Crippen molar-refractivity contribution in [2.24, 2.45) is 5.73 Å². The van der Waals surface area contributed by atoms with Gasteiger partial charge in [0.05, 0.1) is 5.75 Å². The van der Waals surface area contributed by atoms with Gasteiger partial charge in [0, 0.05) is 13.0 Å². The minimum absolute atomic E-state index is 0.146. The number of carbonyl (C=O) groups is 3. The largest absolute Gasteiger partial charge is 0.368 e. The zero-order chi connectivity index (χ0) is 24.9. The van der Waals surface area contributed by atoms with Gasteiger partial charge in [-0.25, -0.2) is 0 Å². The maximum absolute atomic E-state index is 13.1. The Morgan fingerprint density at radius 1 is 1.18 bits per heavy atom. The molecule has 1 heterocycles. The zero-order valence-corrected chi connectivity index (χ0v) is 20.6. The Kier molecular flexibility index (Phi) is 8.76. The minimum atomic E-state index is -4.30. The third kappa shape index (κ3) is 6.82. The van der Waals surface area contributed by atoms with Gasteiger partial charge in [-0.3, -0.25) is 18.9 Å². The normalized spacial score (nSPS) is 18.3. The van der Waals surface area contributed by atoms with Gasteiger partial charge in [-0.05, 0) is 42.5 Å². The van der Waals surface area contributed by atoms with E-state index in [0.717, 1.165) is 40.9 Å². The molecule has 9 nitrogen and oxygen atoms in total. The number of piperidine rings is 1. The maximum Gasteiger partial charge on any atom is 0.338 e. The maximum atomic E-state index is 13.1. The van der Waals surface area contributed by atoms with E-state index >= 15 is 0 Å². The van der Waals surface area contributed by atoms with Crippen LogP contribution in [0.1, 0.15) is 31.7 Å². The molecule has 0 spiro atoms. The fourth-order valence-corrected chi connectivity index (χ4v) is 5.52. The number of hydrogen-bond donors (Lipinski definition) is 4. The van der Waals surface area contributed by atoms with Crippen molar-refractivity contribution >= 4 is 47.9 Å². The number of nitrogens with two attached hydrogens (primary N) is 1. The second-order valence-corrected chi connectivity index (χ2v) is 12.1. The van der Waals surface area contributed by atoms with Crippen LogP contribution in [-0.4, -0.2) is 61.8 Å². The fourth-order valence-electron chi connectivity index (χ4n) is 3.97. The monoisotopic (exact) mass is 507 g/mol. The average molecular weight is 508 g/mol. The number of likely N-dealkylation sites (tertiary alicyclic amines) is 1. The molecule has 0 aromatic heterocycles. The molecule has 3 atom stereocenters. The summed E-state index contributed by atoms with van der Waals surface area (Å²) in [5.74, 6) is -1.63. The van der Waals surface area contributed by atoms with Gasteiger partial charge in [0.25, 0.3) is 0 Å². The van der Waals surface area contributed by atoms with Gasteiger partial charge >= 0.3 is 7.60 Å². The fraction of sp³-hybridized carbons (Fsp3) is 0.435. The predicted octanol–water partition coefficient (Wildman–Crippen LogP) is 1.99. The number of amides is 3. The number of thioether (sulfide) groups is 1. The molecule has 3 unspecified atom stereocenters. The summed E-state index contributed by atoms with van der Waals surface area (Å²) in [5.41, 5.74) is 6.43. The van der Waals surface area contributed by atoms with E-state index in [9.17, 15) is 28.7 Å². The zero-order valence-electron chi connectivity index (χ0n) is 18.9. The van der Waals surface area contributed by atoms with Crippen molar-refractivity contribution < 1.29 is 28.7 Å². The van der Waals surface area contributed by atoms with Crippen LogP contribution in [0.25, 0.3) is 10.8 Å². The van der Waals surface area contributed by atoms with Crippen LogP contribution in [0.5, 0.6) is 0 Å². The molecule has 184 valence electrons. The molecule has 0 aliphatic carbocycles. The second-order valence-electron chi connectivity index (χ2n) is 8.45. The van der Waals surface area contributed by atoms with Crippen LogP contribution in [0.15, 0.2) is 42.5 Å². The summed E-state index contributed by atoms with van der Waals surface area (Å²) in [4.78, 5) is 56.9. The topological polar surface area (TPSA) is 150 Å². The standard InChI is InChI=1S/C23H30N3O6PS/c1-15(33(30,31)32)34-14-21(27)26-11-5-4-8-20(26)23(29)25-19(22(24)28)13-16-9-10-17-6-2-3-7-18(17)12-16/h2-3,6-7,9-10,12,15,19-20H,4-5,8,11,13-14H2,1H3,(H2,24,28)(H,25,29)(H2,30,31,32). The van der Waals surface area contributed by atoms with Crippen molar-refractivity contribution in [2.45, 2.75) is 49.7 Å². The van der Waals surface area contributed by atoms with Crippen molar-refractivity contribution in [3.8, 4) is 0 Å². The van der Waals surface area contributed by atoms with Gasteiger partial charge in [-0.2, -0.15) is 0 Å². The summed E-state index contributed by atoms with van der Waals surface area (Å²) in [6.07, 6.45) is 2.14. The lowest BCUT2D eigenvalue weighted by Crippen LogP contribution is -2.56.